The number of anilines is 1. The van der Waals surface area contributed by atoms with E-state index in [2.05, 4.69) is 10.6 Å². The molecule has 1 heterocycles. The monoisotopic (exact) mass is 440 g/mol. The fourth-order valence-corrected chi connectivity index (χ4v) is 4.29. The molecule has 0 bridgehead atoms. The lowest BCUT2D eigenvalue weighted by atomic mass is 10.2. The van der Waals surface area contributed by atoms with Crippen LogP contribution in [-0.4, -0.2) is 25.2 Å². The first-order valence-electron chi connectivity index (χ1n) is 7.65. The average Bonchev–Trinajstić information content (AvgIpc) is 2.98. The number of rotatable bonds is 4. The fourth-order valence-electron chi connectivity index (χ4n) is 2.38. The number of ether oxygens (including phenoxy) is 2. The second-order valence-corrected chi connectivity index (χ2v) is 7.61. The topological polar surface area (TPSA) is 59.6 Å². The predicted octanol–water partition coefficient (Wildman–Crippen LogP) is 5.35. The molecule has 0 saturated carbocycles. The average molecular weight is 441 g/mol. The van der Waals surface area contributed by atoms with Crippen molar-refractivity contribution in [2.45, 2.75) is 0 Å². The Balaban J connectivity index is 1.75. The summed E-state index contributed by atoms with van der Waals surface area (Å²) >= 11 is 18.9. The van der Waals surface area contributed by atoms with Crippen molar-refractivity contribution in [3.8, 4) is 11.5 Å². The summed E-state index contributed by atoms with van der Waals surface area (Å²) in [5, 5.41) is 7.26. The fraction of sp³-hybridized carbons (Fsp3) is 0.111. The molecule has 2 aromatic carbocycles. The molecule has 2 N–H and O–H groups in total. The first kappa shape index (κ1) is 19.7. The van der Waals surface area contributed by atoms with Gasteiger partial charge in [0.05, 0.1) is 24.3 Å². The van der Waals surface area contributed by atoms with Crippen LogP contribution in [0, 0.1) is 0 Å². The number of thiocarbonyl (C=S) groups is 1. The van der Waals surface area contributed by atoms with Gasteiger partial charge in [-0.3, -0.25) is 10.1 Å². The number of carbonyl (C=O) groups excluding carboxylic acids is 1. The molecule has 5 nitrogen and oxygen atoms in total. The standard InChI is InChI=1S/C18H14Cl2N2O3S2/c1-24-10-4-5-11-14(8-10)27-16(15(11)20)17(23)22-18(26)21-9-3-6-13(25-2)12(19)7-9/h3-8H,1-2H3,(H2,21,22,23,26). The Hall–Kier alpha value is -2.06. The zero-order valence-corrected chi connectivity index (χ0v) is 17.4. The number of methoxy groups -OCH3 is 2. The first-order valence-corrected chi connectivity index (χ1v) is 9.63. The van der Waals surface area contributed by atoms with Gasteiger partial charge >= 0.3 is 0 Å². The van der Waals surface area contributed by atoms with Gasteiger partial charge in [-0.2, -0.15) is 0 Å². The van der Waals surface area contributed by atoms with E-state index in [0.29, 0.717) is 32.1 Å². The van der Waals surface area contributed by atoms with E-state index in [1.54, 1.807) is 31.4 Å². The van der Waals surface area contributed by atoms with Crippen LogP contribution in [0.1, 0.15) is 9.67 Å². The van der Waals surface area contributed by atoms with Crippen molar-refractivity contribution < 1.29 is 14.3 Å². The number of halogens is 2. The molecule has 3 rings (SSSR count). The van der Waals surface area contributed by atoms with Crippen LogP contribution in [0.2, 0.25) is 10.0 Å². The van der Waals surface area contributed by atoms with E-state index in [1.807, 2.05) is 12.1 Å². The zero-order chi connectivity index (χ0) is 19.6. The molecule has 0 saturated heterocycles. The molecule has 0 atom stereocenters. The number of fused-ring (bicyclic) bond motifs is 1. The molecule has 0 spiro atoms. The highest BCUT2D eigenvalue weighted by Crippen LogP contribution is 2.37. The molecule has 0 unspecified atom stereocenters. The summed E-state index contributed by atoms with van der Waals surface area (Å²) in [6, 6.07) is 10.5. The molecular weight excluding hydrogens is 427 g/mol. The van der Waals surface area contributed by atoms with Gasteiger partial charge in [-0.15, -0.1) is 11.3 Å². The summed E-state index contributed by atoms with van der Waals surface area (Å²) in [5.41, 5.74) is 0.623. The van der Waals surface area contributed by atoms with E-state index >= 15 is 0 Å². The Morgan fingerprint density at radius 3 is 2.56 bits per heavy atom. The molecule has 0 aliphatic heterocycles. The van der Waals surface area contributed by atoms with E-state index < -0.39 is 5.91 Å². The Morgan fingerprint density at radius 2 is 1.89 bits per heavy atom. The van der Waals surface area contributed by atoms with Crippen LogP contribution in [0.4, 0.5) is 5.69 Å². The number of hydrogen-bond acceptors (Lipinski definition) is 5. The van der Waals surface area contributed by atoms with E-state index in [-0.39, 0.29) is 5.11 Å². The van der Waals surface area contributed by atoms with Gasteiger partial charge in [-0.25, -0.2) is 0 Å². The molecule has 0 aliphatic carbocycles. The first-order chi connectivity index (χ1) is 12.9. The molecule has 3 aromatic rings. The second-order valence-electron chi connectivity index (χ2n) is 5.36. The number of hydrogen-bond donors (Lipinski definition) is 2. The third-order valence-corrected chi connectivity index (χ3v) is 5.84. The smallest absolute Gasteiger partial charge is 0.269 e. The van der Waals surface area contributed by atoms with Crippen molar-refractivity contribution in [1.82, 2.24) is 5.32 Å². The summed E-state index contributed by atoms with van der Waals surface area (Å²) in [6.07, 6.45) is 0. The number of carbonyl (C=O) groups is 1. The van der Waals surface area contributed by atoms with E-state index in [4.69, 9.17) is 44.9 Å². The third-order valence-electron chi connectivity index (χ3n) is 3.68. The number of amides is 1. The Labute approximate surface area is 175 Å². The Bertz CT molecular complexity index is 1040. The van der Waals surface area contributed by atoms with Gasteiger partial charge in [-0.05, 0) is 48.6 Å². The summed E-state index contributed by atoms with van der Waals surface area (Å²) in [4.78, 5) is 12.9. The van der Waals surface area contributed by atoms with Gasteiger partial charge in [0.15, 0.2) is 5.11 Å². The van der Waals surface area contributed by atoms with Crippen LogP contribution in [-0.2, 0) is 0 Å². The molecule has 27 heavy (non-hydrogen) atoms. The van der Waals surface area contributed by atoms with E-state index in [9.17, 15) is 4.79 Å². The van der Waals surface area contributed by atoms with Crippen molar-refractivity contribution in [3.63, 3.8) is 0 Å². The maximum absolute atomic E-state index is 12.6. The Kier molecular flexibility index (Phi) is 6.06. The summed E-state index contributed by atoms with van der Waals surface area (Å²) in [6.45, 7) is 0. The molecule has 140 valence electrons. The number of benzene rings is 2. The molecule has 1 aromatic heterocycles. The highest BCUT2D eigenvalue weighted by Gasteiger charge is 2.18. The lowest BCUT2D eigenvalue weighted by Gasteiger charge is -2.10. The van der Waals surface area contributed by atoms with Crippen molar-refractivity contribution in [1.29, 1.82) is 0 Å². The van der Waals surface area contributed by atoms with Crippen molar-refractivity contribution in [2.75, 3.05) is 19.5 Å². The van der Waals surface area contributed by atoms with E-state index in [0.717, 1.165) is 10.1 Å². The minimum atomic E-state index is -0.391. The molecule has 0 radical (unpaired) electrons. The van der Waals surface area contributed by atoms with Crippen molar-refractivity contribution >= 4 is 73.5 Å². The van der Waals surface area contributed by atoms with Gasteiger partial charge in [0.2, 0.25) is 0 Å². The van der Waals surface area contributed by atoms with Crippen LogP contribution in [0.3, 0.4) is 0 Å². The minimum Gasteiger partial charge on any atom is -0.497 e. The molecule has 0 fully saturated rings. The van der Waals surface area contributed by atoms with Crippen LogP contribution in [0.5, 0.6) is 11.5 Å². The second kappa shape index (κ2) is 8.31. The van der Waals surface area contributed by atoms with Gasteiger partial charge < -0.3 is 14.8 Å². The summed E-state index contributed by atoms with van der Waals surface area (Å²) < 4.78 is 11.2. The summed E-state index contributed by atoms with van der Waals surface area (Å²) in [5.74, 6) is 0.850. The minimum absolute atomic E-state index is 0.132. The summed E-state index contributed by atoms with van der Waals surface area (Å²) in [7, 11) is 3.11. The normalized spacial score (nSPS) is 10.5. The van der Waals surface area contributed by atoms with Crippen molar-refractivity contribution in [3.05, 3.63) is 51.3 Å². The zero-order valence-electron chi connectivity index (χ0n) is 14.3. The van der Waals surface area contributed by atoms with E-state index in [1.165, 1.54) is 18.4 Å². The number of nitrogens with one attached hydrogen (secondary N) is 2. The lowest BCUT2D eigenvalue weighted by molar-refractivity contribution is 0.0982. The molecule has 9 heteroatoms. The highest BCUT2D eigenvalue weighted by atomic mass is 35.5. The predicted molar refractivity (Wildman–Crippen MR) is 115 cm³/mol. The molecule has 1 amide bonds. The van der Waals surface area contributed by atoms with Gasteiger partial charge in [0.25, 0.3) is 5.91 Å². The Morgan fingerprint density at radius 1 is 1.11 bits per heavy atom. The van der Waals surface area contributed by atoms with Crippen LogP contribution < -0.4 is 20.1 Å². The van der Waals surface area contributed by atoms with Gasteiger partial charge in [0.1, 0.15) is 16.4 Å². The van der Waals surface area contributed by atoms with Crippen LogP contribution in [0.15, 0.2) is 36.4 Å². The maximum atomic E-state index is 12.6. The number of thiophene rings is 1. The van der Waals surface area contributed by atoms with Gasteiger partial charge in [-0.1, -0.05) is 23.2 Å². The molecule has 0 aliphatic rings. The van der Waals surface area contributed by atoms with Crippen LogP contribution >= 0.6 is 46.8 Å². The SMILES string of the molecule is COc1ccc2c(Cl)c(C(=O)NC(=S)Nc3ccc(OC)c(Cl)c3)sc2c1. The molecular formula is C18H14Cl2N2O3S2. The quantitative estimate of drug-likeness (QED) is 0.535. The van der Waals surface area contributed by atoms with Crippen LogP contribution in [0.25, 0.3) is 10.1 Å². The largest absolute Gasteiger partial charge is 0.497 e. The third kappa shape index (κ3) is 4.27. The lowest BCUT2D eigenvalue weighted by Crippen LogP contribution is -2.33. The van der Waals surface area contributed by atoms with Gasteiger partial charge in [0, 0.05) is 15.8 Å². The van der Waals surface area contributed by atoms with Crippen molar-refractivity contribution in [2.24, 2.45) is 0 Å². The maximum Gasteiger partial charge on any atom is 0.269 e. The highest BCUT2D eigenvalue weighted by molar-refractivity contribution is 7.80.